The van der Waals surface area contributed by atoms with Crippen LogP contribution in [-0.4, -0.2) is 37.4 Å². The van der Waals surface area contributed by atoms with Crippen LogP contribution in [0.3, 0.4) is 0 Å². The number of hydrogen-bond donors (Lipinski definition) is 3. The van der Waals surface area contributed by atoms with Crippen LogP contribution in [0.2, 0.25) is 0 Å². The Labute approximate surface area is 96.1 Å². The molecule has 0 aliphatic rings. The van der Waals surface area contributed by atoms with Gasteiger partial charge in [0.25, 0.3) is 0 Å². The average Bonchev–Trinajstić information content (AvgIpc) is 2.34. The molecule has 5 heteroatoms. The van der Waals surface area contributed by atoms with E-state index in [4.69, 9.17) is 5.73 Å². The Kier molecular flexibility index (Phi) is 5.92. The monoisotopic (exact) mass is 220 g/mol. The molecule has 1 aromatic carbocycles. The minimum atomic E-state index is -0.639. The SMILES string of the molecule is NCC(O)C(Cc1ccccc1)NCB=O. The molecule has 0 aromatic heterocycles. The Morgan fingerprint density at radius 2 is 2.06 bits per heavy atom. The Bertz CT molecular complexity index is 308. The first-order valence-electron chi connectivity index (χ1n) is 5.37. The molecule has 0 aliphatic heterocycles. The second kappa shape index (κ2) is 7.27. The second-order valence-electron chi connectivity index (χ2n) is 3.67. The third-order valence-electron chi connectivity index (χ3n) is 2.47. The normalized spacial score (nSPS) is 14.1. The maximum atomic E-state index is 10.3. The van der Waals surface area contributed by atoms with Crippen LogP contribution in [0, 0.1) is 0 Å². The van der Waals surface area contributed by atoms with Crippen molar-refractivity contribution in [3.05, 3.63) is 35.9 Å². The predicted molar refractivity (Wildman–Crippen MR) is 63.4 cm³/mol. The van der Waals surface area contributed by atoms with E-state index in [0.717, 1.165) is 12.7 Å². The van der Waals surface area contributed by atoms with Gasteiger partial charge in [-0.2, -0.15) is 0 Å². The fraction of sp³-hybridized carbons (Fsp3) is 0.455. The average molecular weight is 220 g/mol. The molecule has 4 N–H and O–H groups in total. The quantitative estimate of drug-likeness (QED) is 0.542. The van der Waals surface area contributed by atoms with Crippen LogP contribution in [0.15, 0.2) is 30.3 Å². The van der Waals surface area contributed by atoms with Gasteiger partial charge in [-0.15, -0.1) is 0 Å². The summed E-state index contributed by atoms with van der Waals surface area (Å²) in [5.41, 5.74) is 6.53. The third-order valence-corrected chi connectivity index (χ3v) is 2.47. The molecule has 2 unspecified atom stereocenters. The topological polar surface area (TPSA) is 75.3 Å². The summed E-state index contributed by atoms with van der Waals surface area (Å²) in [5, 5.41) is 12.7. The molecule has 0 spiro atoms. The van der Waals surface area contributed by atoms with E-state index in [2.05, 4.69) is 5.32 Å². The summed E-state index contributed by atoms with van der Waals surface area (Å²) in [6.45, 7) is 0.184. The van der Waals surface area contributed by atoms with Crippen molar-refractivity contribution in [1.29, 1.82) is 0 Å². The molecule has 0 saturated heterocycles. The zero-order chi connectivity index (χ0) is 11.8. The summed E-state index contributed by atoms with van der Waals surface area (Å²) in [6.07, 6.45) is 0.252. The predicted octanol–water partition coefficient (Wildman–Crippen LogP) is -0.486. The fourth-order valence-electron chi connectivity index (χ4n) is 1.58. The van der Waals surface area contributed by atoms with E-state index in [-0.39, 0.29) is 19.0 Å². The summed E-state index contributed by atoms with van der Waals surface area (Å²) in [7, 11) is 0.779. The molecule has 0 amide bonds. The first-order valence-corrected chi connectivity index (χ1v) is 5.37. The molecule has 0 aliphatic carbocycles. The third kappa shape index (κ3) is 4.22. The minimum absolute atomic E-state index is 0.183. The van der Waals surface area contributed by atoms with Gasteiger partial charge >= 0.3 is 95.5 Å². The number of nitrogens with one attached hydrogen (secondary N) is 1. The number of benzene rings is 1. The molecule has 0 heterocycles. The Morgan fingerprint density at radius 3 is 2.62 bits per heavy atom. The standard InChI is InChI=1S/C11H17BN2O2/c13-7-11(15)10(14-8-12-16)6-9-4-2-1-3-5-9/h1-5,10-11,14-15H,6-8,13H2. The molecule has 1 rings (SSSR count). The van der Waals surface area contributed by atoms with Gasteiger partial charge < -0.3 is 0 Å². The Balaban J connectivity index is 2.59. The molecule has 86 valence electrons. The van der Waals surface area contributed by atoms with Crippen LogP contribution in [0.1, 0.15) is 5.56 Å². The number of aliphatic hydroxyl groups is 1. The van der Waals surface area contributed by atoms with E-state index in [1.54, 1.807) is 0 Å². The van der Waals surface area contributed by atoms with Crippen LogP contribution in [0.4, 0.5) is 0 Å². The van der Waals surface area contributed by atoms with Crippen molar-refractivity contribution >= 4 is 7.15 Å². The van der Waals surface area contributed by atoms with E-state index < -0.39 is 6.10 Å². The van der Waals surface area contributed by atoms with Gasteiger partial charge in [0.2, 0.25) is 0 Å². The Morgan fingerprint density at radius 1 is 1.38 bits per heavy atom. The van der Waals surface area contributed by atoms with Gasteiger partial charge in [-0.05, 0) is 0 Å². The summed E-state index contributed by atoms with van der Waals surface area (Å²) in [4.78, 5) is 0. The van der Waals surface area contributed by atoms with E-state index in [0.29, 0.717) is 6.42 Å². The van der Waals surface area contributed by atoms with E-state index in [1.807, 2.05) is 30.3 Å². The number of aliphatic hydroxyl groups excluding tert-OH is 1. The molecule has 0 radical (unpaired) electrons. The number of rotatable bonds is 7. The molecule has 0 saturated carbocycles. The van der Waals surface area contributed by atoms with Crippen molar-refractivity contribution in [2.45, 2.75) is 18.6 Å². The summed E-state index contributed by atoms with van der Waals surface area (Å²) < 4.78 is 10.3. The molecule has 0 fully saturated rings. The van der Waals surface area contributed by atoms with E-state index in [1.165, 1.54) is 0 Å². The molecule has 1 aromatic rings. The summed E-state index contributed by atoms with van der Waals surface area (Å²) >= 11 is 0. The van der Waals surface area contributed by atoms with Crippen LogP contribution < -0.4 is 11.1 Å². The van der Waals surface area contributed by atoms with Gasteiger partial charge in [0.1, 0.15) is 0 Å². The van der Waals surface area contributed by atoms with Gasteiger partial charge in [0.05, 0.1) is 0 Å². The van der Waals surface area contributed by atoms with Crippen molar-refractivity contribution in [1.82, 2.24) is 5.32 Å². The van der Waals surface area contributed by atoms with Gasteiger partial charge in [0.15, 0.2) is 0 Å². The summed E-state index contributed by atoms with van der Waals surface area (Å²) in [6, 6.07) is 9.62. The van der Waals surface area contributed by atoms with Crippen molar-refractivity contribution in [2.75, 3.05) is 13.0 Å². The summed E-state index contributed by atoms with van der Waals surface area (Å²) in [5.74, 6) is 0. The van der Waals surface area contributed by atoms with E-state index in [9.17, 15) is 9.81 Å². The fourth-order valence-corrected chi connectivity index (χ4v) is 1.58. The zero-order valence-electron chi connectivity index (χ0n) is 9.17. The van der Waals surface area contributed by atoms with Gasteiger partial charge in [-0.25, -0.2) is 0 Å². The molecule has 0 bridgehead atoms. The molecule has 2 atom stereocenters. The van der Waals surface area contributed by atoms with Gasteiger partial charge in [-0.3, -0.25) is 0 Å². The van der Waals surface area contributed by atoms with Crippen molar-refractivity contribution in [3.8, 4) is 0 Å². The molecular formula is C11H17BN2O2. The van der Waals surface area contributed by atoms with Crippen molar-refractivity contribution in [2.24, 2.45) is 5.73 Å². The zero-order valence-corrected chi connectivity index (χ0v) is 9.17. The molecule has 16 heavy (non-hydrogen) atoms. The van der Waals surface area contributed by atoms with Gasteiger partial charge in [0, 0.05) is 0 Å². The number of nitrogens with two attached hydrogens (primary N) is 1. The second-order valence-corrected chi connectivity index (χ2v) is 3.67. The Hall–Kier alpha value is -1.04. The van der Waals surface area contributed by atoms with Crippen LogP contribution >= 0.6 is 0 Å². The molecular weight excluding hydrogens is 203 g/mol. The van der Waals surface area contributed by atoms with Gasteiger partial charge in [-0.1, -0.05) is 0 Å². The maximum absolute atomic E-state index is 10.3. The first-order chi connectivity index (χ1) is 7.77. The van der Waals surface area contributed by atoms with E-state index >= 15 is 0 Å². The van der Waals surface area contributed by atoms with Crippen LogP contribution in [-0.2, 0) is 11.1 Å². The van der Waals surface area contributed by atoms with Crippen molar-refractivity contribution < 1.29 is 9.81 Å². The van der Waals surface area contributed by atoms with Crippen LogP contribution in [0.5, 0.6) is 0 Å². The number of hydrogen-bond acceptors (Lipinski definition) is 4. The molecule has 4 nitrogen and oxygen atoms in total. The van der Waals surface area contributed by atoms with Crippen LogP contribution in [0.25, 0.3) is 0 Å². The van der Waals surface area contributed by atoms with Crippen molar-refractivity contribution in [3.63, 3.8) is 0 Å². The first kappa shape index (κ1) is 13.0.